The summed E-state index contributed by atoms with van der Waals surface area (Å²) >= 11 is 0. The van der Waals surface area contributed by atoms with E-state index in [9.17, 15) is 10.0 Å². The first-order valence-electron chi connectivity index (χ1n) is 14.2. The summed E-state index contributed by atoms with van der Waals surface area (Å²) in [6.45, 7) is 12.1. The highest BCUT2D eigenvalue weighted by atomic mass is 16.6. The first-order valence-corrected chi connectivity index (χ1v) is 14.2. The van der Waals surface area contributed by atoms with Crippen LogP contribution in [0.3, 0.4) is 0 Å². The van der Waals surface area contributed by atoms with Gasteiger partial charge in [-0.1, -0.05) is 55.5 Å². The zero-order valence-electron chi connectivity index (χ0n) is 24.4. The van der Waals surface area contributed by atoms with Crippen molar-refractivity contribution in [1.82, 2.24) is 5.32 Å². The van der Waals surface area contributed by atoms with Crippen LogP contribution in [0, 0.1) is 5.92 Å². The van der Waals surface area contributed by atoms with Crippen molar-refractivity contribution in [2.75, 3.05) is 39.6 Å². The molecule has 5 N–H and O–H groups in total. The molecule has 222 valence electrons. The number of aryl methyl sites for hydroxylation is 1. The molecular formula is C29H47B2NO8. The predicted octanol–water partition coefficient (Wildman–Crippen LogP) is 0.637. The van der Waals surface area contributed by atoms with Crippen LogP contribution in [0.5, 0.6) is 0 Å². The summed E-state index contributed by atoms with van der Waals surface area (Å²) in [5.74, 6) is 0.404. The van der Waals surface area contributed by atoms with Crippen LogP contribution < -0.4 is 16.2 Å². The van der Waals surface area contributed by atoms with Gasteiger partial charge in [0.25, 0.3) is 0 Å². The van der Waals surface area contributed by atoms with E-state index in [1.807, 2.05) is 38.1 Å². The van der Waals surface area contributed by atoms with Crippen LogP contribution in [-0.4, -0.2) is 92.2 Å². The van der Waals surface area contributed by atoms with Crippen molar-refractivity contribution in [2.45, 2.75) is 65.3 Å². The molecule has 0 fully saturated rings. The summed E-state index contributed by atoms with van der Waals surface area (Å²) in [4.78, 5) is 0. The summed E-state index contributed by atoms with van der Waals surface area (Å²) in [7, 11) is -2.87. The number of ether oxygens (including phenoxy) is 4. The molecule has 0 spiro atoms. The average Bonchev–Trinajstić information content (AvgIpc) is 2.94. The molecule has 2 aromatic rings. The van der Waals surface area contributed by atoms with Crippen LogP contribution in [0.1, 0.15) is 45.2 Å². The van der Waals surface area contributed by atoms with Gasteiger partial charge in [0, 0.05) is 19.2 Å². The highest BCUT2D eigenvalue weighted by molar-refractivity contribution is 6.58. The van der Waals surface area contributed by atoms with E-state index in [2.05, 4.69) is 19.2 Å². The van der Waals surface area contributed by atoms with E-state index in [0.717, 1.165) is 18.4 Å². The quantitative estimate of drug-likeness (QED) is 0.111. The normalized spacial score (nSPS) is 14.5. The van der Waals surface area contributed by atoms with Gasteiger partial charge in [0.15, 0.2) is 0 Å². The molecule has 4 unspecified atom stereocenters. The Labute approximate surface area is 240 Å². The van der Waals surface area contributed by atoms with Crippen molar-refractivity contribution in [3.8, 4) is 0 Å². The third kappa shape index (κ3) is 14.7. The van der Waals surface area contributed by atoms with E-state index < -0.39 is 14.2 Å². The molecule has 0 saturated carbocycles. The van der Waals surface area contributed by atoms with Crippen molar-refractivity contribution in [1.29, 1.82) is 0 Å². The van der Waals surface area contributed by atoms with Gasteiger partial charge in [-0.15, -0.1) is 0 Å². The average molecular weight is 559 g/mol. The largest absolute Gasteiger partial charge is 0.488 e. The maximum absolute atomic E-state index is 9.18. The lowest BCUT2D eigenvalue weighted by molar-refractivity contribution is -0.0490. The Bertz CT molecular complexity index is 842. The maximum Gasteiger partial charge on any atom is 0.488 e. The molecule has 0 radical (unpaired) electrons. The minimum absolute atomic E-state index is 0.00299. The summed E-state index contributed by atoms with van der Waals surface area (Å²) in [5, 5.41) is 40.1. The molecular weight excluding hydrogens is 512 g/mol. The molecule has 0 heterocycles. The molecule has 0 aromatic heterocycles. The molecule has 9 nitrogen and oxygen atoms in total. The standard InChI is InChI=1S/C29H47B2NO8/c1-22(5-6-26-7-11-28(12-8-26)30(33)34)18-39-24(3)20-37-15-16-38-21-25(4)40-19-23(2)32-17-27-9-13-29(14-10-27)31(35)36/h7-14,22-25,32-36H,5-6,15-21H2,1-4H3. The van der Waals surface area contributed by atoms with Gasteiger partial charge in [-0.05, 0) is 61.6 Å². The molecule has 0 amide bonds. The molecule has 40 heavy (non-hydrogen) atoms. The van der Waals surface area contributed by atoms with Crippen molar-refractivity contribution in [2.24, 2.45) is 5.92 Å². The molecule has 0 aliphatic carbocycles. The summed E-state index contributed by atoms with van der Waals surface area (Å²) in [5.41, 5.74) is 3.21. The Morgan fingerprint density at radius 2 is 1.12 bits per heavy atom. The Balaban J connectivity index is 1.44. The smallest absolute Gasteiger partial charge is 0.423 e. The molecule has 11 heteroatoms. The van der Waals surface area contributed by atoms with Crippen molar-refractivity contribution in [3.05, 3.63) is 59.7 Å². The second-order valence-electron chi connectivity index (χ2n) is 10.6. The zero-order chi connectivity index (χ0) is 29.3. The second-order valence-corrected chi connectivity index (χ2v) is 10.6. The van der Waals surface area contributed by atoms with Crippen LogP contribution in [0.25, 0.3) is 0 Å². The van der Waals surface area contributed by atoms with Crippen LogP contribution in [-0.2, 0) is 31.9 Å². The highest BCUT2D eigenvalue weighted by Crippen LogP contribution is 2.11. The van der Waals surface area contributed by atoms with Crippen LogP contribution >= 0.6 is 0 Å². The van der Waals surface area contributed by atoms with E-state index in [1.165, 1.54) is 5.56 Å². The number of hydrogen-bond donors (Lipinski definition) is 5. The van der Waals surface area contributed by atoms with Gasteiger partial charge in [-0.3, -0.25) is 0 Å². The lowest BCUT2D eigenvalue weighted by atomic mass is 9.80. The SMILES string of the molecule is CC(CCc1ccc(B(O)O)cc1)COC(C)COCCOCC(C)OCC(C)NCc1ccc(B(O)O)cc1. The van der Waals surface area contributed by atoms with Gasteiger partial charge in [-0.25, -0.2) is 0 Å². The van der Waals surface area contributed by atoms with Gasteiger partial charge in [0.05, 0.1) is 45.2 Å². The van der Waals surface area contributed by atoms with Gasteiger partial charge in [0.2, 0.25) is 0 Å². The maximum atomic E-state index is 9.18. The number of hydrogen-bond acceptors (Lipinski definition) is 9. The lowest BCUT2D eigenvalue weighted by Crippen LogP contribution is -2.33. The minimum Gasteiger partial charge on any atom is -0.423 e. The topological polar surface area (TPSA) is 130 Å². The predicted molar refractivity (Wildman–Crippen MR) is 159 cm³/mol. The van der Waals surface area contributed by atoms with Gasteiger partial charge in [0.1, 0.15) is 0 Å². The van der Waals surface area contributed by atoms with E-state index in [1.54, 1.807) is 24.3 Å². The third-order valence-electron chi connectivity index (χ3n) is 6.51. The molecule has 0 saturated heterocycles. The second kappa shape index (κ2) is 19.4. The minimum atomic E-state index is -1.44. The number of nitrogens with one attached hydrogen (secondary N) is 1. The monoisotopic (exact) mass is 559 g/mol. The fourth-order valence-electron chi connectivity index (χ4n) is 3.86. The fraction of sp³-hybridized carbons (Fsp3) is 0.586. The highest BCUT2D eigenvalue weighted by Gasteiger charge is 2.12. The van der Waals surface area contributed by atoms with E-state index in [4.69, 9.17) is 29.0 Å². The molecule has 0 aliphatic heterocycles. The van der Waals surface area contributed by atoms with E-state index in [-0.39, 0.29) is 18.2 Å². The van der Waals surface area contributed by atoms with Crippen molar-refractivity contribution < 1.29 is 39.0 Å². The molecule has 0 bridgehead atoms. The summed E-state index contributed by atoms with van der Waals surface area (Å²) in [6.07, 6.45) is 1.88. The molecule has 2 rings (SSSR count). The summed E-state index contributed by atoms with van der Waals surface area (Å²) in [6, 6.07) is 14.7. The van der Waals surface area contributed by atoms with Gasteiger partial charge in [-0.2, -0.15) is 0 Å². The zero-order valence-corrected chi connectivity index (χ0v) is 24.4. The lowest BCUT2D eigenvalue weighted by Gasteiger charge is -2.19. The van der Waals surface area contributed by atoms with E-state index in [0.29, 0.717) is 63.0 Å². The van der Waals surface area contributed by atoms with Gasteiger partial charge < -0.3 is 44.4 Å². The molecule has 0 aliphatic rings. The summed E-state index contributed by atoms with van der Waals surface area (Å²) < 4.78 is 23.2. The molecule has 4 atom stereocenters. The number of rotatable bonds is 21. The van der Waals surface area contributed by atoms with E-state index >= 15 is 0 Å². The molecule has 2 aromatic carbocycles. The Kier molecular flexibility index (Phi) is 16.6. The Morgan fingerprint density at radius 1 is 0.650 bits per heavy atom. The van der Waals surface area contributed by atoms with Gasteiger partial charge >= 0.3 is 14.2 Å². The van der Waals surface area contributed by atoms with Crippen LogP contribution in [0.2, 0.25) is 0 Å². The first-order chi connectivity index (χ1) is 19.1. The Morgan fingerprint density at radius 3 is 1.62 bits per heavy atom. The Hall–Kier alpha value is -1.79. The van der Waals surface area contributed by atoms with Crippen LogP contribution in [0.15, 0.2) is 48.5 Å². The number of benzene rings is 2. The first kappa shape index (κ1) is 34.4. The van der Waals surface area contributed by atoms with Crippen LogP contribution in [0.4, 0.5) is 0 Å². The van der Waals surface area contributed by atoms with Crippen molar-refractivity contribution >= 4 is 25.2 Å². The van der Waals surface area contributed by atoms with Crippen molar-refractivity contribution in [3.63, 3.8) is 0 Å². The fourth-order valence-corrected chi connectivity index (χ4v) is 3.86. The third-order valence-corrected chi connectivity index (χ3v) is 6.51.